The van der Waals surface area contributed by atoms with Gasteiger partial charge >= 0.3 is 0 Å². The molecule has 0 aliphatic carbocycles. The van der Waals surface area contributed by atoms with Crippen LogP contribution in [0.1, 0.15) is 24.5 Å². The molecule has 0 saturated carbocycles. The first-order valence-corrected chi connectivity index (χ1v) is 9.64. The molecule has 1 aliphatic heterocycles. The van der Waals surface area contributed by atoms with E-state index in [0.29, 0.717) is 0 Å². The average molecular weight is 355 g/mol. The van der Waals surface area contributed by atoms with Gasteiger partial charge in [0.2, 0.25) is 0 Å². The van der Waals surface area contributed by atoms with Crippen LogP contribution in [0.2, 0.25) is 0 Å². The Labute approximate surface area is 156 Å². The molecular weight excluding hydrogens is 324 g/mol. The molecular formula is C20H30N6. The number of aliphatic imine (C=N–C) groups is 1. The van der Waals surface area contributed by atoms with Crippen molar-refractivity contribution in [2.75, 3.05) is 32.7 Å². The van der Waals surface area contributed by atoms with Crippen LogP contribution in [-0.4, -0.2) is 53.4 Å². The van der Waals surface area contributed by atoms with E-state index in [4.69, 9.17) is 0 Å². The molecule has 0 unspecified atom stereocenters. The smallest absolute Gasteiger partial charge is 0.191 e. The highest BCUT2D eigenvalue weighted by molar-refractivity contribution is 5.79. The maximum Gasteiger partial charge on any atom is 0.191 e. The van der Waals surface area contributed by atoms with Gasteiger partial charge in [0.05, 0.1) is 0 Å². The van der Waals surface area contributed by atoms with E-state index in [0.717, 1.165) is 64.6 Å². The van der Waals surface area contributed by atoms with Crippen molar-refractivity contribution in [2.24, 2.45) is 4.99 Å². The van der Waals surface area contributed by atoms with Crippen LogP contribution in [0.3, 0.4) is 0 Å². The predicted octanol–water partition coefficient (Wildman–Crippen LogP) is 1.89. The van der Waals surface area contributed by atoms with Gasteiger partial charge in [-0.3, -0.25) is 14.6 Å². The molecule has 0 bridgehead atoms. The average Bonchev–Trinajstić information content (AvgIpc) is 3.18. The van der Waals surface area contributed by atoms with E-state index in [9.17, 15) is 0 Å². The molecule has 0 atom stereocenters. The summed E-state index contributed by atoms with van der Waals surface area (Å²) >= 11 is 0. The Morgan fingerprint density at radius 2 is 2.04 bits per heavy atom. The second-order valence-corrected chi connectivity index (χ2v) is 6.60. The number of benzene rings is 1. The van der Waals surface area contributed by atoms with Crippen LogP contribution in [0.25, 0.3) is 0 Å². The third-order valence-corrected chi connectivity index (χ3v) is 4.65. The molecule has 0 spiro atoms. The van der Waals surface area contributed by atoms with E-state index < -0.39 is 0 Å². The van der Waals surface area contributed by atoms with Gasteiger partial charge in [0, 0.05) is 58.2 Å². The Bertz CT molecular complexity index is 679. The normalized spacial score (nSPS) is 14.9. The molecule has 6 heteroatoms. The molecule has 26 heavy (non-hydrogen) atoms. The minimum absolute atomic E-state index is 0.798. The maximum atomic E-state index is 4.67. The minimum Gasteiger partial charge on any atom is -0.357 e. The van der Waals surface area contributed by atoms with Crippen molar-refractivity contribution in [1.82, 2.24) is 25.3 Å². The molecule has 140 valence electrons. The Morgan fingerprint density at radius 3 is 2.85 bits per heavy atom. The minimum atomic E-state index is 0.798. The van der Waals surface area contributed by atoms with Gasteiger partial charge in [-0.25, -0.2) is 0 Å². The fourth-order valence-corrected chi connectivity index (χ4v) is 3.28. The summed E-state index contributed by atoms with van der Waals surface area (Å²) in [6.07, 6.45) is 5.94. The van der Waals surface area contributed by atoms with E-state index in [2.05, 4.69) is 56.8 Å². The molecule has 0 saturated heterocycles. The molecule has 6 nitrogen and oxygen atoms in total. The number of aryl methyl sites for hydroxylation is 1. The lowest BCUT2D eigenvalue weighted by atomic mass is 10.00. The molecule has 2 N–H and O–H groups in total. The number of hydrogen-bond acceptors (Lipinski definition) is 3. The summed E-state index contributed by atoms with van der Waals surface area (Å²) in [7, 11) is 0. The van der Waals surface area contributed by atoms with Crippen molar-refractivity contribution < 1.29 is 0 Å². The largest absolute Gasteiger partial charge is 0.357 e. The summed E-state index contributed by atoms with van der Waals surface area (Å²) in [6, 6.07) is 10.7. The predicted molar refractivity (Wildman–Crippen MR) is 106 cm³/mol. The van der Waals surface area contributed by atoms with Crippen LogP contribution in [0, 0.1) is 0 Å². The summed E-state index contributed by atoms with van der Waals surface area (Å²) in [5.41, 5.74) is 2.97. The van der Waals surface area contributed by atoms with Crippen LogP contribution in [0.5, 0.6) is 0 Å². The molecule has 0 fully saturated rings. The lowest BCUT2D eigenvalue weighted by molar-refractivity contribution is 0.258. The van der Waals surface area contributed by atoms with Crippen LogP contribution < -0.4 is 10.6 Å². The molecule has 0 amide bonds. The highest BCUT2D eigenvalue weighted by Gasteiger charge is 2.14. The second kappa shape index (κ2) is 9.97. The van der Waals surface area contributed by atoms with Crippen LogP contribution in [0.15, 0.2) is 47.7 Å². The molecule has 2 heterocycles. The summed E-state index contributed by atoms with van der Waals surface area (Å²) in [5.74, 6) is 0.908. The maximum absolute atomic E-state index is 4.67. The first kappa shape index (κ1) is 18.5. The fourth-order valence-electron chi connectivity index (χ4n) is 3.28. The molecule has 1 aromatic heterocycles. The summed E-state index contributed by atoms with van der Waals surface area (Å²) in [4.78, 5) is 7.18. The van der Waals surface area contributed by atoms with E-state index in [1.165, 1.54) is 11.1 Å². The van der Waals surface area contributed by atoms with Gasteiger partial charge in [-0.15, -0.1) is 0 Å². The van der Waals surface area contributed by atoms with Gasteiger partial charge in [0.1, 0.15) is 0 Å². The number of hydrogen-bond donors (Lipinski definition) is 2. The van der Waals surface area contributed by atoms with Gasteiger partial charge in [0.25, 0.3) is 0 Å². The molecule has 3 rings (SSSR count). The van der Waals surface area contributed by atoms with Crippen LogP contribution in [-0.2, 0) is 19.5 Å². The molecule has 2 aromatic rings. The van der Waals surface area contributed by atoms with Gasteiger partial charge in [-0.1, -0.05) is 24.3 Å². The van der Waals surface area contributed by atoms with Crippen molar-refractivity contribution in [3.63, 3.8) is 0 Å². The van der Waals surface area contributed by atoms with Crippen LogP contribution >= 0.6 is 0 Å². The third kappa shape index (κ3) is 5.59. The summed E-state index contributed by atoms with van der Waals surface area (Å²) < 4.78 is 1.95. The Morgan fingerprint density at radius 1 is 1.15 bits per heavy atom. The summed E-state index contributed by atoms with van der Waals surface area (Å²) in [5, 5.41) is 11.0. The van der Waals surface area contributed by atoms with Gasteiger partial charge in [-0.05, 0) is 37.0 Å². The molecule has 0 radical (unpaired) electrons. The van der Waals surface area contributed by atoms with E-state index >= 15 is 0 Å². The number of rotatable bonds is 8. The van der Waals surface area contributed by atoms with Gasteiger partial charge in [0.15, 0.2) is 5.96 Å². The number of aromatic nitrogens is 2. The highest BCUT2D eigenvalue weighted by atomic mass is 15.3. The van der Waals surface area contributed by atoms with Gasteiger partial charge < -0.3 is 10.6 Å². The summed E-state index contributed by atoms with van der Waals surface area (Å²) in [6.45, 7) is 8.81. The fraction of sp³-hybridized carbons (Fsp3) is 0.500. The van der Waals surface area contributed by atoms with Crippen molar-refractivity contribution in [1.29, 1.82) is 0 Å². The van der Waals surface area contributed by atoms with Crippen molar-refractivity contribution in [2.45, 2.75) is 32.9 Å². The SMILES string of the molecule is CCNC(=NCCCn1cccn1)NCCN1CCc2ccccc2C1. The molecule has 1 aliphatic rings. The monoisotopic (exact) mass is 354 g/mol. The van der Waals surface area contributed by atoms with Crippen molar-refractivity contribution in [3.8, 4) is 0 Å². The Balaban J connectivity index is 1.38. The number of fused-ring (bicyclic) bond motifs is 1. The van der Waals surface area contributed by atoms with Crippen molar-refractivity contribution >= 4 is 5.96 Å². The zero-order chi connectivity index (χ0) is 18.0. The van der Waals surface area contributed by atoms with E-state index in [-0.39, 0.29) is 0 Å². The van der Waals surface area contributed by atoms with E-state index in [1.54, 1.807) is 0 Å². The number of guanidine groups is 1. The van der Waals surface area contributed by atoms with Gasteiger partial charge in [-0.2, -0.15) is 5.10 Å². The first-order chi connectivity index (χ1) is 12.8. The quantitative estimate of drug-likeness (QED) is 0.432. The number of nitrogens with one attached hydrogen (secondary N) is 2. The zero-order valence-corrected chi connectivity index (χ0v) is 15.7. The van der Waals surface area contributed by atoms with E-state index in [1.807, 2.05) is 23.1 Å². The van der Waals surface area contributed by atoms with Crippen LogP contribution in [0.4, 0.5) is 0 Å². The third-order valence-electron chi connectivity index (χ3n) is 4.65. The topological polar surface area (TPSA) is 57.5 Å². The number of nitrogens with zero attached hydrogens (tertiary/aromatic N) is 4. The standard InChI is InChI=1S/C20H30N6/c1-2-21-20(22-10-5-13-26-14-6-11-24-26)23-12-16-25-15-9-18-7-3-4-8-19(18)17-25/h3-4,6-8,11,14H,2,5,9-10,12-13,15-17H2,1H3,(H2,21,22,23). The highest BCUT2D eigenvalue weighted by Crippen LogP contribution is 2.17. The lowest BCUT2D eigenvalue weighted by Gasteiger charge is -2.28. The Kier molecular flexibility index (Phi) is 7.07. The first-order valence-electron chi connectivity index (χ1n) is 9.64. The second-order valence-electron chi connectivity index (χ2n) is 6.60. The Hall–Kier alpha value is -2.34. The molecule has 1 aromatic carbocycles. The lowest BCUT2D eigenvalue weighted by Crippen LogP contribution is -2.42. The zero-order valence-electron chi connectivity index (χ0n) is 15.7. The van der Waals surface area contributed by atoms with Crippen molar-refractivity contribution in [3.05, 3.63) is 53.9 Å².